The number of hydrogen-bond acceptors (Lipinski definition) is 0. The summed E-state index contributed by atoms with van der Waals surface area (Å²) in [7, 11) is 0. The molecule has 0 N–H and O–H groups in total. The maximum Gasteiger partial charge on any atom is 0.300 e. The summed E-state index contributed by atoms with van der Waals surface area (Å²) in [6, 6.07) is 12.7. The Morgan fingerprint density at radius 2 is 1.79 bits per heavy atom. The number of benzene rings is 2. The third-order valence-corrected chi connectivity index (χ3v) is 6.92. The monoisotopic (exact) mass is 387 g/mol. The van der Waals surface area contributed by atoms with Crippen LogP contribution in [0.5, 0.6) is 0 Å². The average molecular weight is 388 g/mol. The summed E-state index contributed by atoms with van der Waals surface area (Å²) < 4.78 is 20.0. The minimum Gasteiger partial charge on any atom is -0.202 e. The molecule has 3 heteroatoms. The Morgan fingerprint density at radius 3 is 2.48 bits per heavy atom. The second-order valence-corrected chi connectivity index (χ2v) is 9.37. The maximum absolute atomic E-state index is 15.8. The van der Waals surface area contributed by atoms with E-state index >= 15 is 4.39 Å². The topological polar surface area (TPSA) is 9.03 Å². The molecule has 0 saturated carbocycles. The first-order valence-electron chi connectivity index (χ1n) is 10.6. The minimum absolute atomic E-state index is 0.0103. The molecule has 5 rings (SSSR count). The molecule has 2 nitrogen and oxygen atoms in total. The molecule has 2 aromatic heterocycles. The lowest BCUT2D eigenvalue weighted by Gasteiger charge is -2.28. The number of halogens is 1. The molecule has 1 aliphatic heterocycles. The Balaban J connectivity index is 2.04. The van der Waals surface area contributed by atoms with Crippen molar-refractivity contribution in [2.24, 2.45) is 0 Å². The lowest BCUT2D eigenvalue weighted by atomic mass is 9.74. The third-order valence-electron chi connectivity index (χ3n) is 6.92. The zero-order valence-corrected chi connectivity index (χ0v) is 17.9. The van der Waals surface area contributed by atoms with Crippen LogP contribution in [-0.2, 0) is 10.8 Å². The van der Waals surface area contributed by atoms with Crippen molar-refractivity contribution in [3.63, 3.8) is 0 Å². The number of nitrogens with zero attached hydrogens (tertiary/aromatic N) is 2. The summed E-state index contributed by atoms with van der Waals surface area (Å²) in [5.74, 6) is -0.119. The highest BCUT2D eigenvalue weighted by Crippen LogP contribution is 2.42. The number of pyridine rings is 1. The van der Waals surface area contributed by atoms with E-state index in [4.69, 9.17) is 0 Å². The van der Waals surface area contributed by atoms with Crippen LogP contribution >= 0.6 is 0 Å². The quantitative estimate of drug-likeness (QED) is 0.347. The van der Waals surface area contributed by atoms with E-state index in [1.807, 2.05) is 12.3 Å². The summed E-state index contributed by atoms with van der Waals surface area (Å²) in [6.45, 7) is 10.7. The van der Waals surface area contributed by atoms with Crippen molar-refractivity contribution in [1.29, 1.82) is 0 Å². The van der Waals surface area contributed by atoms with Gasteiger partial charge in [0.05, 0.1) is 17.8 Å². The molecule has 29 heavy (non-hydrogen) atoms. The van der Waals surface area contributed by atoms with Gasteiger partial charge in [0.15, 0.2) is 11.3 Å². The lowest BCUT2D eigenvalue weighted by Crippen LogP contribution is -2.25. The fourth-order valence-corrected chi connectivity index (χ4v) is 5.13. The van der Waals surface area contributed by atoms with E-state index < -0.39 is 0 Å². The molecule has 0 spiro atoms. The van der Waals surface area contributed by atoms with Crippen LogP contribution in [0.15, 0.2) is 48.7 Å². The molecular weight excluding hydrogens is 359 g/mol. The highest BCUT2D eigenvalue weighted by atomic mass is 19.1. The number of hydrogen-bond donors (Lipinski definition) is 0. The third kappa shape index (κ3) is 2.30. The van der Waals surface area contributed by atoms with Gasteiger partial charge in [-0.3, -0.25) is 0 Å². The van der Waals surface area contributed by atoms with Crippen molar-refractivity contribution < 1.29 is 8.79 Å². The maximum atomic E-state index is 15.8. The van der Waals surface area contributed by atoms with E-state index in [-0.39, 0.29) is 16.6 Å². The van der Waals surface area contributed by atoms with E-state index in [0.717, 1.165) is 29.6 Å². The fraction of sp³-hybridized carbons (Fsp3) is 0.346. The van der Waals surface area contributed by atoms with E-state index in [1.165, 1.54) is 16.3 Å². The normalized spacial score (nSPS) is 15.7. The molecule has 1 aliphatic rings. The SMILES string of the molecule is CCC1(CC)C=Cn2c3ccc(C(C)(C)C)c(F)c3[n+]3ccc4cccc1c4c23. The smallest absolute Gasteiger partial charge is 0.202 e. The summed E-state index contributed by atoms with van der Waals surface area (Å²) >= 11 is 0. The number of rotatable bonds is 2. The van der Waals surface area contributed by atoms with Crippen LogP contribution < -0.4 is 4.40 Å². The second-order valence-electron chi connectivity index (χ2n) is 9.37. The molecule has 148 valence electrons. The molecule has 4 aromatic rings. The number of allylic oxidation sites excluding steroid dienone is 1. The van der Waals surface area contributed by atoms with Crippen molar-refractivity contribution in [1.82, 2.24) is 4.57 Å². The molecular formula is C26H28FN2+. The highest BCUT2D eigenvalue weighted by molar-refractivity contribution is 6.00. The summed E-state index contributed by atoms with van der Waals surface area (Å²) in [4.78, 5) is 0. The van der Waals surface area contributed by atoms with Crippen LogP contribution in [0.1, 0.15) is 58.6 Å². The zero-order chi connectivity index (χ0) is 20.6. The Morgan fingerprint density at radius 1 is 1.03 bits per heavy atom. The van der Waals surface area contributed by atoms with Gasteiger partial charge in [-0.15, -0.1) is 0 Å². The van der Waals surface area contributed by atoms with Crippen molar-refractivity contribution in [3.05, 3.63) is 65.6 Å². The molecule has 0 radical (unpaired) electrons. The molecule has 0 amide bonds. The molecule has 0 saturated heterocycles. The summed E-state index contributed by atoms with van der Waals surface area (Å²) in [5, 5.41) is 2.44. The second kappa shape index (κ2) is 5.91. The standard InChI is InChI=1S/C26H28FN2/c1-6-26(7-2)14-16-28-20-12-11-19(25(3,4)5)22(27)23(20)29-15-13-17-9-8-10-18(26)21(17)24(28)29/h8-16H,6-7H2,1-5H3/q+1. The van der Waals surface area contributed by atoms with Crippen LogP contribution in [0.3, 0.4) is 0 Å². The molecule has 0 unspecified atom stereocenters. The number of imidazole rings is 1. The Labute approximate surface area is 171 Å². The van der Waals surface area contributed by atoms with Crippen LogP contribution in [-0.4, -0.2) is 4.57 Å². The fourth-order valence-electron chi connectivity index (χ4n) is 5.13. The summed E-state index contributed by atoms with van der Waals surface area (Å²) in [6.07, 6.45) is 8.59. The number of fused-ring (bicyclic) bond motifs is 3. The van der Waals surface area contributed by atoms with E-state index in [9.17, 15) is 0 Å². The van der Waals surface area contributed by atoms with Crippen molar-refractivity contribution in [3.8, 4) is 0 Å². The van der Waals surface area contributed by atoms with Crippen molar-refractivity contribution >= 4 is 33.7 Å². The molecule has 0 atom stereocenters. The van der Waals surface area contributed by atoms with Gasteiger partial charge in [0.25, 0.3) is 5.65 Å². The van der Waals surface area contributed by atoms with Crippen LogP contribution in [0.25, 0.3) is 33.7 Å². The molecule has 0 fully saturated rings. The first kappa shape index (κ1) is 18.4. The lowest BCUT2D eigenvalue weighted by molar-refractivity contribution is -0.481. The van der Waals surface area contributed by atoms with Gasteiger partial charge in [-0.1, -0.05) is 58.9 Å². The van der Waals surface area contributed by atoms with Crippen LogP contribution in [0.2, 0.25) is 0 Å². The molecule has 2 aromatic carbocycles. The van der Waals surface area contributed by atoms with Crippen LogP contribution in [0, 0.1) is 5.82 Å². The van der Waals surface area contributed by atoms with Gasteiger partial charge in [-0.25, -0.2) is 4.39 Å². The Hall–Kier alpha value is -2.68. The largest absolute Gasteiger partial charge is 0.300 e. The van der Waals surface area contributed by atoms with E-state index in [2.05, 4.69) is 86.2 Å². The van der Waals surface area contributed by atoms with Crippen LogP contribution in [0.4, 0.5) is 4.39 Å². The highest BCUT2D eigenvalue weighted by Gasteiger charge is 2.35. The average Bonchev–Trinajstić information content (AvgIpc) is 2.94. The predicted molar refractivity (Wildman–Crippen MR) is 119 cm³/mol. The molecule has 0 aliphatic carbocycles. The van der Waals surface area contributed by atoms with Gasteiger partial charge < -0.3 is 0 Å². The van der Waals surface area contributed by atoms with Gasteiger partial charge in [-0.2, -0.15) is 8.97 Å². The minimum atomic E-state index is -0.248. The van der Waals surface area contributed by atoms with E-state index in [1.54, 1.807) is 0 Å². The predicted octanol–water partition coefficient (Wildman–Crippen LogP) is 6.51. The number of aromatic nitrogens is 2. The molecule has 3 heterocycles. The Bertz CT molecular complexity index is 1310. The first-order valence-corrected chi connectivity index (χ1v) is 10.6. The first-order chi connectivity index (χ1) is 13.8. The van der Waals surface area contributed by atoms with Gasteiger partial charge in [0.2, 0.25) is 5.52 Å². The van der Waals surface area contributed by atoms with Gasteiger partial charge >= 0.3 is 0 Å². The van der Waals surface area contributed by atoms with Gasteiger partial charge in [0, 0.05) is 5.41 Å². The summed E-state index contributed by atoms with van der Waals surface area (Å²) in [5.41, 5.74) is 4.46. The van der Waals surface area contributed by atoms with E-state index in [0.29, 0.717) is 5.52 Å². The van der Waals surface area contributed by atoms with Crippen molar-refractivity contribution in [2.45, 2.75) is 58.3 Å². The Kier molecular flexibility index (Phi) is 3.74. The van der Waals surface area contributed by atoms with Gasteiger partial charge in [-0.05, 0) is 53.0 Å². The van der Waals surface area contributed by atoms with Gasteiger partial charge in [0.1, 0.15) is 0 Å². The molecule has 0 bridgehead atoms. The zero-order valence-electron chi connectivity index (χ0n) is 17.9. The van der Waals surface area contributed by atoms with Crippen molar-refractivity contribution in [2.75, 3.05) is 0 Å².